The van der Waals surface area contributed by atoms with Crippen molar-refractivity contribution >= 4 is 15.7 Å². The maximum absolute atomic E-state index is 13.5. The third kappa shape index (κ3) is 2.93. The summed E-state index contributed by atoms with van der Waals surface area (Å²) in [6.07, 6.45) is 0. The molecule has 0 amide bonds. The van der Waals surface area contributed by atoms with E-state index in [4.69, 9.17) is 0 Å². The molecule has 0 aliphatic rings. The molecule has 0 atom stereocenters. The first kappa shape index (κ1) is 13.5. The van der Waals surface area contributed by atoms with Gasteiger partial charge in [0.2, 0.25) is 0 Å². The molecule has 0 saturated heterocycles. The minimum absolute atomic E-state index is 0.353. The summed E-state index contributed by atoms with van der Waals surface area (Å²) in [5.41, 5.74) is 2.45. The minimum atomic E-state index is -3.90. The minimum Gasteiger partial charge on any atom is -0.280 e. The van der Waals surface area contributed by atoms with E-state index in [0.717, 1.165) is 17.2 Å². The normalized spacial score (nSPS) is 11.3. The lowest BCUT2D eigenvalue weighted by Gasteiger charge is -2.10. The van der Waals surface area contributed by atoms with E-state index in [1.165, 1.54) is 18.2 Å². The van der Waals surface area contributed by atoms with Gasteiger partial charge in [0.05, 0.1) is 0 Å². The van der Waals surface area contributed by atoms with Crippen LogP contribution in [-0.2, 0) is 10.0 Å². The highest BCUT2D eigenvalue weighted by molar-refractivity contribution is 7.92. The third-order valence-corrected chi connectivity index (χ3v) is 4.30. The fraction of sp³-hybridized carbons (Fsp3) is 0.143. The van der Waals surface area contributed by atoms with Crippen molar-refractivity contribution in [2.75, 3.05) is 4.72 Å². The second kappa shape index (κ2) is 5.01. The zero-order valence-corrected chi connectivity index (χ0v) is 11.5. The molecule has 0 unspecified atom stereocenters. The summed E-state index contributed by atoms with van der Waals surface area (Å²) in [5.74, 6) is -0.765. The van der Waals surface area contributed by atoms with Crippen LogP contribution in [0.5, 0.6) is 0 Å². The monoisotopic (exact) mass is 279 g/mol. The van der Waals surface area contributed by atoms with Gasteiger partial charge in [-0.05, 0) is 49.2 Å². The summed E-state index contributed by atoms with van der Waals surface area (Å²) in [6.45, 7) is 3.82. The van der Waals surface area contributed by atoms with Gasteiger partial charge in [-0.15, -0.1) is 0 Å². The number of sulfonamides is 1. The van der Waals surface area contributed by atoms with Crippen molar-refractivity contribution in [2.45, 2.75) is 18.7 Å². The average molecular weight is 279 g/mol. The standard InChI is InChI=1S/C14H14FNO2S/c1-10-7-8-12(9-11(10)2)16-19(17,18)14-6-4-3-5-13(14)15/h3-9,16H,1-2H3. The van der Waals surface area contributed by atoms with Crippen molar-refractivity contribution < 1.29 is 12.8 Å². The molecular weight excluding hydrogens is 265 g/mol. The van der Waals surface area contributed by atoms with Crippen molar-refractivity contribution in [3.05, 3.63) is 59.4 Å². The predicted octanol–water partition coefficient (Wildman–Crippen LogP) is 3.24. The molecule has 2 rings (SSSR count). The Labute approximate surface area is 112 Å². The first-order chi connectivity index (χ1) is 8.90. The Morgan fingerprint density at radius 1 is 1.00 bits per heavy atom. The molecule has 0 saturated carbocycles. The molecule has 0 heterocycles. The van der Waals surface area contributed by atoms with Crippen molar-refractivity contribution in [1.29, 1.82) is 0 Å². The van der Waals surface area contributed by atoms with Crippen LogP contribution in [0.15, 0.2) is 47.4 Å². The Balaban J connectivity index is 2.37. The van der Waals surface area contributed by atoms with E-state index in [1.54, 1.807) is 12.1 Å². The number of hydrogen-bond acceptors (Lipinski definition) is 2. The van der Waals surface area contributed by atoms with Crippen LogP contribution < -0.4 is 4.72 Å². The van der Waals surface area contributed by atoms with Gasteiger partial charge in [-0.3, -0.25) is 4.72 Å². The number of hydrogen-bond donors (Lipinski definition) is 1. The Kier molecular flexibility index (Phi) is 3.57. The van der Waals surface area contributed by atoms with Crippen LogP contribution in [0.25, 0.3) is 0 Å². The zero-order chi connectivity index (χ0) is 14.0. The van der Waals surface area contributed by atoms with Crippen LogP contribution in [0.3, 0.4) is 0 Å². The van der Waals surface area contributed by atoms with Gasteiger partial charge in [-0.1, -0.05) is 18.2 Å². The van der Waals surface area contributed by atoms with E-state index < -0.39 is 15.8 Å². The van der Waals surface area contributed by atoms with Crippen LogP contribution in [0.1, 0.15) is 11.1 Å². The van der Waals surface area contributed by atoms with Crippen molar-refractivity contribution in [1.82, 2.24) is 0 Å². The van der Waals surface area contributed by atoms with Gasteiger partial charge in [-0.25, -0.2) is 12.8 Å². The predicted molar refractivity (Wildman–Crippen MR) is 73.1 cm³/mol. The fourth-order valence-electron chi connectivity index (χ4n) is 1.68. The molecule has 1 N–H and O–H groups in total. The summed E-state index contributed by atoms with van der Waals surface area (Å²) in [5, 5.41) is 0. The Hall–Kier alpha value is -1.88. The molecule has 19 heavy (non-hydrogen) atoms. The van der Waals surface area contributed by atoms with Gasteiger partial charge in [-0.2, -0.15) is 0 Å². The highest BCUT2D eigenvalue weighted by atomic mass is 32.2. The topological polar surface area (TPSA) is 46.2 Å². The SMILES string of the molecule is Cc1ccc(NS(=O)(=O)c2ccccc2F)cc1C. The van der Waals surface area contributed by atoms with E-state index in [-0.39, 0.29) is 4.90 Å². The molecule has 3 nitrogen and oxygen atoms in total. The lowest BCUT2D eigenvalue weighted by molar-refractivity contribution is 0.570. The van der Waals surface area contributed by atoms with Gasteiger partial charge in [0.15, 0.2) is 0 Å². The summed E-state index contributed by atoms with van der Waals surface area (Å²) in [6, 6.07) is 10.5. The highest BCUT2D eigenvalue weighted by Crippen LogP contribution is 2.20. The highest BCUT2D eigenvalue weighted by Gasteiger charge is 2.18. The number of benzene rings is 2. The molecule has 2 aromatic rings. The summed E-state index contributed by atoms with van der Waals surface area (Å²) in [4.78, 5) is -0.353. The fourth-order valence-corrected chi connectivity index (χ4v) is 2.81. The molecule has 100 valence electrons. The molecule has 0 aliphatic heterocycles. The van der Waals surface area contributed by atoms with Crippen LogP contribution >= 0.6 is 0 Å². The number of anilines is 1. The average Bonchev–Trinajstić information content (AvgIpc) is 2.34. The lowest BCUT2D eigenvalue weighted by Crippen LogP contribution is -2.14. The second-order valence-corrected chi connectivity index (χ2v) is 5.99. The molecule has 0 aliphatic carbocycles. The van der Waals surface area contributed by atoms with E-state index >= 15 is 0 Å². The molecule has 2 aromatic carbocycles. The number of aryl methyl sites for hydroxylation is 2. The van der Waals surface area contributed by atoms with E-state index in [9.17, 15) is 12.8 Å². The smallest absolute Gasteiger partial charge is 0.264 e. The third-order valence-electron chi connectivity index (χ3n) is 2.89. The van der Waals surface area contributed by atoms with Gasteiger partial charge in [0.1, 0.15) is 10.7 Å². The van der Waals surface area contributed by atoms with Crippen LogP contribution in [0.2, 0.25) is 0 Å². The molecular formula is C14H14FNO2S. The molecule has 0 aromatic heterocycles. The van der Waals surface area contributed by atoms with E-state index in [1.807, 2.05) is 19.9 Å². The summed E-state index contributed by atoms with van der Waals surface area (Å²) < 4.78 is 40.0. The Morgan fingerprint density at radius 2 is 1.68 bits per heavy atom. The van der Waals surface area contributed by atoms with Crippen LogP contribution in [-0.4, -0.2) is 8.42 Å². The number of nitrogens with one attached hydrogen (secondary N) is 1. The Morgan fingerprint density at radius 3 is 2.32 bits per heavy atom. The molecule has 0 radical (unpaired) electrons. The first-order valence-electron chi connectivity index (χ1n) is 5.75. The zero-order valence-electron chi connectivity index (χ0n) is 10.6. The van der Waals surface area contributed by atoms with Crippen LogP contribution in [0.4, 0.5) is 10.1 Å². The summed E-state index contributed by atoms with van der Waals surface area (Å²) in [7, 11) is -3.90. The molecule has 0 bridgehead atoms. The summed E-state index contributed by atoms with van der Waals surface area (Å²) >= 11 is 0. The lowest BCUT2D eigenvalue weighted by atomic mass is 10.1. The van der Waals surface area contributed by atoms with Gasteiger partial charge in [0.25, 0.3) is 10.0 Å². The largest absolute Gasteiger partial charge is 0.280 e. The number of rotatable bonds is 3. The molecule has 0 fully saturated rings. The van der Waals surface area contributed by atoms with E-state index in [2.05, 4.69) is 4.72 Å². The van der Waals surface area contributed by atoms with E-state index in [0.29, 0.717) is 5.69 Å². The maximum Gasteiger partial charge on any atom is 0.264 e. The second-order valence-electron chi connectivity index (χ2n) is 4.33. The van der Waals surface area contributed by atoms with Crippen molar-refractivity contribution in [2.24, 2.45) is 0 Å². The van der Waals surface area contributed by atoms with Gasteiger partial charge >= 0.3 is 0 Å². The van der Waals surface area contributed by atoms with Gasteiger partial charge < -0.3 is 0 Å². The number of halogens is 1. The van der Waals surface area contributed by atoms with Gasteiger partial charge in [0, 0.05) is 5.69 Å². The van der Waals surface area contributed by atoms with Crippen molar-refractivity contribution in [3.8, 4) is 0 Å². The Bertz CT molecular complexity index is 711. The first-order valence-corrected chi connectivity index (χ1v) is 7.23. The van der Waals surface area contributed by atoms with Crippen LogP contribution in [0, 0.1) is 19.7 Å². The van der Waals surface area contributed by atoms with Crippen molar-refractivity contribution in [3.63, 3.8) is 0 Å². The quantitative estimate of drug-likeness (QED) is 0.937. The molecule has 5 heteroatoms. The maximum atomic E-state index is 13.5. The molecule has 0 spiro atoms.